The van der Waals surface area contributed by atoms with Crippen LogP contribution in [0.1, 0.15) is 60.5 Å². The molecule has 48 heavy (non-hydrogen) atoms. The normalized spacial score (nSPS) is 21.3. The zero-order chi connectivity index (χ0) is 35.1. The Hall–Kier alpha value is -3.79. The van der Waals surface area contributed by atoms with Gasteiger partial charge in [-0.1, -0.05) is 73.4 Å². The molecule has 3 aromatic carbocycles. The molecule has 1 heterocycles. The number of ether oxygens (including phenoxy) is 1. The van der Waals surface area contributed by atoms with E-state index in [0.29, 0.717) is 12.0 Å². The molecular weight excluding hydrogens is 665 g/mol. The highest BCUT2D eigenvalue weighted by molar-refractivity contribution is 6.31. The Morgan fingerprint density at radius 1 is 1.08 bits per heavy atom. The Labute approximate surface area is 288 Å². The molecule has 0 radical (unpaired) electrons. The number of carbonyl (C=O) groups excluding carboxylic acids is 2. The van der Waals surface area contributed by atoms with Crippen molar-refractivity contribution in [3.63, 3.8) is 0 Å². The Kier molecular flexibility index (Phi) is 12.4. The van der Waals surface area contributed by atoms with Gasteiger partial charge in [-0.25, -0.2) is 13.6 Å². The van der Waals surface area contributed by atoms with Crippen molar-refractivity contribution in [2.24, 2.45) is 5.41 Å². The van der Waals surface area contributed by atoms with Crippen molar-refractivity contribution in [1.82, 2.24) is 16.0 Å². The molecule has 5 N–H and O–H groups in total. The molecule has 9 nitrogen and oxygen atoms in total. The number of amides is 2. The summed E-state index contributed by atoms with van der Waals surface area (Å²) < 4.78 is 37.6. The summed E-state index contributed by atoms with van der Waals surface area (Å²) in [7, 11) is 0. The third-order valence-electron chi connectivity index (χ3n) is 8.66. The summed E-state index contributed by atoms with van der Waals surface area (Å²) in [5, 5.41) is 38.2. The van der Waals surface area contributed by atoms with Crippen molar-refractivity contribution in [3.8, 4) is 6.07 Å². The summed E-state index contributed by atoms with van der Waals surface area (Å²) in [6.07, 6.45) is -2.68. The summed E-state index contributed by atoms with van der Waals surface area (Å²) >= 11 is 12.3. The number of benzene rings is 3. The topological polar surface area (TPSA) is 144 Å². The SMILES string of the molecule is CC(C)(CCNC(=O)c1ccccc1)C[C@@H]1N[C@H](OC(=O)NCC[C@H](O)CO)[C@H](c2cccc(Cl)c2F)[C@@]1(C#N)c1ccc(Cl)cc1F. The van der Waals surface area contributed by atoms with Crippen LogP contribution in [0.4, 0.5) is 13.6 Å². The zero-order valence-electron chi connectivity index (χ0n) is 26.5. The van der Waals surface area contributed by atoms with Gasteiger partial charge < -0.3 is 25.6 Å². The molecule has 1 aliphatic heterocycles. The van der Waals surface area contributed by atoms with Crippen LogP contribution in [0, 0.1) is 28.4 Å². The second-order valence-electron chi connectivity index (χ2n) is 12.6. The predicted molar refractivity (Wildman–Crippen MR) is 178 cm³/mol. The van der Waals surface area contributed by atoms with Crippen molar-refractivity contribution < 1.29 is 33.3 Å². The molecule has 0 unspecified atom stereocenters. The lowest BCUT2D eigenvalue weighted by atomic mass is 9.63. The summed E-state index contributed by atoms with van der Waals surface area (Å²) in [6.45, 7) is 3.58. The van der Waals surface area contributed by atoms with Gasteiger partial charge in [0.25, 0.3) is 5.91 Å². The first kappa shape index (κ1) is 37.0. The lowest BCUT2D eigenvalue weighted by molar-refractivity contribution is 0.0683. The predicted octanol–water partition coefficient (Wildman–Crippen LogP) is 5.82. The van der Waals surface area contributed by atoms with Crippen LogP contribution < -0.4 is 16.0 Å². The van der Waals surface area contributed by atoms with Crippen LogP contribution in [-0.2, 0) is 10.2 Å². The second kappa shape index (κ2) is 16.1. The molecule has 256 valence electrons. The van der Waals surface area contributed by atoms with E-state index in [2.05, 4.69) is 22.0 Å². The molecule has 3 aromatic rings. The van der Waals surface area contributed by atoms with Gasteiger partial charge in [0.2, 0.25) is 0 Å². The third kappa shape index (κ3) is 8.43. The van der Waals surface area contributed by atoms with Crippen molar-refractivity contribution >= 4 is 35.2 Å². The van der Waals surface area contributed by atoms with E-state index in [1.807, 2.05) is 19.9 Å². The molecule has 13 heteroatoms. The van der Waals surface area contributed by atoms with Crippen molar-refractivity contribution in [2.45, 2.75) is 62.8 Å². The van der Waals surface area contributed by atoms with Crippen LogP contribution >= 0.6 is 23.2 Å². The van der Waals surface area contributed by atoms with E-state index >= 15 is 8.78 Å². The van der Waals surface area contributed by atoms with E-state index in [9.17, 15) is 20.0 Å². The molecule has 0 bridgehead atoms. The molecule has 0 saturated carbocycles. The smallest absolute Gasteiger partial charge is 0.408 e. The standard InChI is InChI=1S/C35H38Cl2F2N4O5/c1-34(2,14-16-41-31(46)21-7-4-3-5-8-21)18-28-35(20-40,25-12-11-22(36)17-27(25)38)29(24-9-6-10-26(37)30(24)39)32(43-28)48-33(47)42-15-13-23(45)19-44/h3-12,17,23,28-29,32,43-45H,13-16,18-19H2,1-2H3,(H,41,46)(H,42,47)/t23-,28-,29-,32+,35-/m0/s1. The molecule has 1 fully saturated rings. The van der Waals surface area contributed by atoms with Gasteiger partial charge in [0.1, 0.15) is 17.0 Å². The van der Waals surface area contributed by atoms with Gasteiger partial charge >= 0.3 is 6.09 Å². The van der Waals surface area contributed by atoms with Crippen LogP contribution in [0.2, 0.25) is 10.0 Å². The van der Waals surface area contributed by atoms with Gasteiger partial charge in [-0.3, -0.25) is 10.1 Å². The number of nitrogens with one attached hydrogen (secondary N) is 3. The molecule has 5 atom stereocenters. The number of aliphatic hydroxyl groups excluding tert-OH is 2. The molecule has 0 aromatic heterocycles. The third-order valence-corrected chi connectivity index (χ3v) is 9.19. The van der Waals surface area contributed by atoms with Crippen molar-refractivity contribution in [3.05, 3.63) is 105 Å². The van der Waals surface area contributed by atoms with Gasteiger partial charge in [0.05, 0.1) is 29.7 Å². The minimum atomic E-state index is -1.86. The molecule has 0 spiro atoms. The lowest BCUT2D eigenvalue weighted by Crippen LogP contribution is -2.45. The Bertz CT molecular complexity index is 1640. The summed E-state index contributed by atoms with van der Waals surface area (Å²) in [5.41, 5.74) is -2.10. The highest BCUT2D eigenvalue weighted by Gasteiger charge is 2.61. The van der Waals surface area contributed by atoms with Crippen molar-refractivity contribution in [1.29, 1.82) is 5.26 Å². The number of hydrogen-bond donors (Lipinski definition) is 5. The quantitative estimate of drug-likeness (QED) is 0.151. The highest BCUT2D eigenvalue weighted by Crippen LogP contribution is 2.53. The first-order valence-electron chi connectivity index (χ1n) is 15.5. The minimum absolute atomic E-state index is 0.0335. The first-order chi connectivity index (χ1) is 22.8. The molecule has 4 rings (SSSR count). The van der Waals surface area contributed by atoms with E-state index in [1.54, 1.807) is 24.3 Å². The van der Waals surface area contributed by atoms with E-state index in [0.717, 1.165) is 6.07 Å². The molecule has 0 aliphatic carbocycles. The molecule has 1 aliphatic rings. The molecule has 2 amide bonds. The lowest BCUT2D eigenvalue weighted by Gasteiger charge is -2.38. The van der Waals surface area contributed by atoms with E-state index in [1.165, 1.54) is 30.3 Å². The number of nitriles is 1. The number of carbonyl (C=O) groups is 2. The number of hydrogen-bond acceptors (Lipinski definition) is 7. The largest absolute Gasteiger partial charge is 0.430 e. The van der Waals surface area contributed by atoms with Crippen LogP contribution in [0.25, 0.3) is 0 Å². The molecule has 1 saturated heterocycles. The number of aliphatic hydroxyl groups is 2. The maximum absolute atomic E-state index is 15.9. The van der Waals surface area contributed by atoms with Crippen molar-refractivity contribution in [2.75, 3.05) is 19.7 Å². The zero-order valence-corrected chi connectivity index (χ0v) is 28.0. The average molecular weight is 704 g/mol. The Balaban J connectivity index is 1.73. The number of rotatable bonds is 13. The van der Waals surface area contributed by atoms with Gasteiger partial charge in [-0.15, -0.1) is 0 Å². The van der Waals surface area contributed by atoms with E-state index in [4.69, 9.17) is 33.0 Å². The number of alkyl carbamates (subject to hydrolysis) is 1. The number of nitrogens with zero attached hydrogens (tertiary/aromatic N) is 1. The first-order valence-corrected chi connectivity index (χ1v) is 16.2. The van der Waals surface area contributed by atoms with E-state index in [-0.39, 0.29) is 53.0 Å². The van der Waals surface area contributed by atoms with Gasteiger partial charge in [0.15, 0.2) is 6.23 Å². The van der Waals surface area contributed by atoms with Crippen LogP contribution in [0.15, 0.2) is 66.7 Å². The average Bonchev–Trinajstić information content (AvgIpc) is 3.34. The Morgan fingerprint density at radius 2 is 1.81 bits per heavy atom. The van der Waals surface area contributed by atoms with Gasteiger partial charge in [-0.2, -0.15) is 5.26 Å². The summed E-state index contributed by atoms with van der Waals surface area (Å²) in [5.74, 6) is -3.21. The molecular formula is C35H38Cl2F2N4O5. The second-order valence-corrected chi connectivity index (χ2v) is 13.4. The fourth-order valence-electron chi connectivity index (χ4n) is 6.21. The van der Waals surface area contributed by atoms with Gasteiger partial charge in [0, 0.05) is 35.3 Å². The fourth-order valence-corrected chi connectivity index (χ4v) is 6.55. The van der Waals surface area contributed by atoms with Crippen LogP contribution in [0.5, 0.6) is 0 Å². The summed E-state index contributed by atoms with van der Waals surface area (Å²) in [6, 6.07) is 18.2. The monoisotopic (exact) mass is 702 g/mol. The van der Waals surface area contributed by atoms with Gasteiger partial charge in [-0.05, 0) is 60.6 Å². The minimum Gasteiger partial charge on any atom is -0.430 e. The van der Waals surface area contributed by atoms with E-state index < -0.39 is 59.5 Å². The maximum Gasteiger partial charge on any atom is 0.408 e. The summed E-state index contributed by atoms with van der Waals surface area (Å²) in [4.78, 5) is 25.7. The van der Waals surface area contributed by atoms with Crippen LogP contribution in [-0.4, -0.2) is 60.3 Å². The highest BCUT2D eigenvalue weighted by atomic mass is 35.5. The maximum atomic E-state index is 15.9. The van der Waals surface area contributed by atoms with Crippen LogP contribution in [0.3, 0.4) is 0 Å². The number of halogens is 4. The Morgan fingerprint density at radius 3 is 2.48 bits per heavy atom. The fraction of sp³-hybridized carbons (Fsp3) is 0.400.